The number of esters is 1. The van der Waals surface area contributed by atoms with Gasteiger partial charge in [0.1, 0.15) is 0 Å². The molecule has 1 aromatic heterocycles. The summed E-state index contributed by atoms with van der Waals surface area (Å²) in [5.74, 6) is -0.461. The van der Waals surface area contributed by atoms with Gasteiger partial charge in [-0.3, -0.25) is 0 Å². The molecule has 0 saturated heterocycles. The number of aromatic nitrogens is 1. The monoisotopic (exact) mass is 261 g/mol. The Morgan fingerprint density at radius 2 is 2.00 bits per heavy atom. The van der Waals surface area contributed by atoms with Gasteiger partial charge >= 0.3 is 5.97 Å². The summed E-state index contributed by atoms with van der Waals surface area (Å²) in [6.45, 7) is 2.06. The lowest BCUT2D eigenvalue weighted by molar-refractivity contribution is 0.0519. The fraction of sp³-hybridized carbons (Fsp3) is 0.143. The van der Waals surface area contributed by atoms with Gasteiger partial charge in [-0.2, -0.15) is 0 Å². The van der Waals surface area contributed by atoms with Crippen molar-refractivity contribution in [2.45, 2.75) is 6.92 Å². The number of hydrogen-bond acceptors (Lipinski definition) is 3. The smallest absolute Gasteiger partial charge is 0.356 e. The normalized spacial score (nSPS) is 10.1. The number of carbonyl (C=O) groups is 1. The van der Waals surface area contributed by atoms with Gasteiger partial charge in [-0.1, -0.05) is 41.9 Å². The number of hydrogen-bond donors (Lipinski definition) is 0. The molecule has 0 N–H and O–H groups in total. The minimum atomic E-state index is -0.461. The van der Waals surface area contributed by atoms with Crippen LogP contribution in [0, 0.1) is 0 Å². The predicted molar refractivity (Wildman–Crippen MR) is 70.6 cm³/mol. The quantitative estimate of drug-likeness (QED) is 0.793. The van der Waals surface area contributed by atoms with Crippen LogP contribution in [0.4, 0.5) is 0 Å². The van der Waals surface area contributed by atoms with E-state index in [2.05, 4.69) is 4.98 Å². The fourth-order valence-corrected chi connectivity index (χ4v) is 1.77. The summed E-state index contributed by atoms with van der Waals surface area (Å²) >= 11 is 6.00. The molecule has 92 valence electrons. The second-order valence-corrected chi connectivity index (χ2v) is 4.08. The Morgan fingerprint density at radius 3 is 2.67 bits per heavy atom. The summed E-state index contributed by atoms with van der Waals surface area (Å²) in [4.78, 5) is 15.9. The lowest BCUT2D eigenvalue weighted by Gasteiger charge is -2.05. The van der Waals surface area contributed by atoms with Crippen LogP contribution in [-0.4, -0.2) is 17.6 Å². The van der Waals surface area contributed by atoms with E-state index in [1.54, 1.807) is 13.0 Å². The topological polar surface area (TPSA) is 39.2 Å². The summed E-state index contributed by atoms with van der Waals surface area (Å²) in [7, 11) is 0. The molecule has 18 heavy (non-hydrogen) atoms. The molecule has 0 aliphatic rings. The molecule has 0 radical (unpaired) electrons. The van der Waals surface area contributed by atoms with Crippen molar-refractivity contribution in [1.82, 2.24) is 4.98 Å². The molecular weight excluding hydrogens is 250 g/mol. The van der Waals surface area contributed by atoms with Crippen LogP contribution in [0.5, 0.6) is 0 Å². The lowest BCUT2D eigenvalue weighted by atomic mass is 10.1. The number of pyridine rings is 1. The van der Waals surface area contributed by atoms with Crippen LogP contribution in [0.15, 0.2) is 42.5 Å². The molecule has 1 aromatic carbocycles. The molecule has 0 saturated carbocycles. The average molecular weight is 262 g/mol. The summed E-state index contributed by atoms with van der Waals surface area (Å²) in [6.07, 6.45) is 0. The Hall–Kier alpha value is -1.87. The van der Waals surface area contributed by atoms with Gasteiger partial charge < -0.3 is 4.74 Å². The van der Waals surface area contributed by atoms with Crippen molar-refractivity contribution in [1.29, 1.82) is 0 Å². The van der Waals surface area contributed by atoms with Crippen molar-refractivity contribution in [2.75, 3.05) is 6.61 Å². The van der Waals surface area contributed by atoms with Crippen molar-refractivity contribution in [3.8, 4) is 11.3 Å². The zero-order chi connectivity index (χ0) is 13.0. The third kappa shape index (κ3) is 2.87. The molecule has 0 unspecified atom stereocenters. The first-order chi connectivity index (χ1) is 8.70. The molecule has 4 heteroatoms. The van der Waals surface area contributed by atoms with Gasteiger partial charge in [0.15, 0.2) is 5.69 Å². The van der Waals surface area contributed by atoms with Crippen LogP contribution in [0.2, 0.25) is 5.02 Å². The molecule has 0 amide bonds. The highest BCUT2D eigenvalue weighted by molar-refractivity contribution is 6.31. The van der Waals surface area contributed by atoms with Crippen molar-refractivity contribution >= 4 is 17.6 Å². The van der Waals surface area contributed by atoms with Gasteiger partial charge in [-0.25, -0.2) is 9.78 Å². The number of ether oxygens (including phenoxy) is 1. The largest absolute Gasteiger partial charge is 0.461 e. The van der Waals surface area contributed by atoms with Gasteiger partial charge in [-0.05, 0) is 19.1 Å². The maximum Gasteiger partial charge on any atom is 0.356 e. The second kappa shape index (κ2) is 5.65. The van der Waals surface area contributed by atoms with E-state index < -0.39 is 5.97 Å². The van der Waals surface area contributed by atoms with E-state index in [1.807, 2.05) is 30.3 Å². The van der Waals surface area contributed by atoms with Crippen LogP contribution in [0.25, 0.3) is 11.3 Å². The maximum atomic E-state index is 11.6. The Kier molecular flexibility index (Phi) is 3.95. The van der Waals surface area contributed by atoms with Crippen LogP contribution in [0.1, 0.15) is 17.4 Å². The highest BCUT2D eigenvalue weighted by Gasteiger charge is 2.11. The first kappa shape index (κ1) is 12.6. The van der Waals surface area contributed by atoms with Crippen molar-refractivity contribution in [3.63, 3.8) is 0 Å². The van der Waals surface area contributed by atoms with Crippen molar-refractivity contribution < 1.29 is 9.53 Å². The first-order valence-corrected chi connectivity index (χ1v) is 5.98. The van der Waals surface area contributed by atoms with Crippen LogP contribution in [0.3, 0.4) is 0 Å². The molecule has 3 nitrogen and oxygen atoms in total. The van der Waals surface area contributed by atoms with Gasteiger partial charge in [0.2, 0.25) is 0 Å². The summed E-state index contributed by atoms with van der Waals surface area (Å²) in [5, 5.41) is 0.465. The fourth-order valence-electron chi connectivity index (χ4n) is 1.56. The molecule has 2 aromatic rings. The van der Waals surface area contributed by atoms with Gasteiger partial charge in [0.25, 0.3) is 0 Å². The third-order valence-corrected chi connectivity index (χ3v) is 2.56. The molecule has 0 fully saturated rings. The first-order valence-electron chi connectivity index (χ1n) is 5.61. The zero-order valence-electron chi connectivity index (χ0n) is 9.89. The van der Waals surface area contributed by atoms with Crippen LogP contribution in [-0.2, 0) is 4.74 Å². The van der Waals surface area contributed by atoms with Crippen LogP contribution >= 0.6 is 11.6 Å². The minimum absolute atomic E-state index is 0.225. The molecule has 0 spiro atoms. The molecule has 0 atom stereocenters. The molecule has 0 aliphatic heterocycles. The Morgan fingerprint density at radius 1 is 1.28 bits per heavy atom. The van der Waals surface area contributed by atoms with E-state index >= 15 is 0 Å². The molecule has 0 bridgehead atoms. The van der Waals surface area contributed by atoms with Crippen molar-refractivity contribution in [3.05, 3.63) is 53.2 Å². The highest BCUT2D eigenvalue weighted by Crippen LogP contribution is 2.21. The number of nitrogens with zero attached hydrogens (tertiary/aromatic N) is 1. The van der Waals surface area contributed by atoms with Crippen molar-refractivity contribution in [2.24, 2.45) is 0 Å². The van der Waals surface area contributed by atoms with E-state index in [1.165, 1.54) is 6.07 Å². The summed E-state index contributed by atoms with van der Waals surface area (Å²) in [5.41, 5.74) is 1.79. The number of carbonyl (C=O) groups excluding carboxylic acids is 1. The van der Waals surface area contributed by atoms with Gasteiger partial charge in [0, 0.05) is 10.6 Å². The standard InChI is InChI=1S/C14H12ClNO2/c1-2-18-14(17)13-9-11(15)8-12(16-13)10-6-4-3-5-7-10/h3-9H,2H2,1H3. The van der Waals surface area contributed by atoms with E-state index in [4.69, 9.17) is 16.3 Å². The second-order valence-electron chi connectivity index (χ2n) is 3.64. The van der Waals surface area contributed by atoms with E-state index in [0.29, 0.717) is 17.3 Å². The molecular formula is C14H12ClNO2. The molecule has 2 rings (SSSR count). The average Bonchev–Trinajstić information content (AvgIpc) is 2.39. The van der Waals surface area contributed by atoms with E-state index in [0.717, 1.165) is 5.56 Å². The van der Waals surface area contributed by atoms with E-state index in [-0.39, 0.29) is 5.69 Å². The predicted octanol–water partition coefficient (Wildman–Crippen LogP) is 3.58. The van der Waals surface area contributed by atoms with Crippen LogP contribution < -0.4 is 0 Å². The van der Waals surface area contributed by atoms with E-state index in [9.17, 15) is 4.79 Å². The molecule has 1 heterocycles. The Bertz CT molecular complexity index is 555. The lowest BCUT2D eigenvalue weighted by Crippen LogP contribution is -2.07. The highest BCUT2D eigenvalue weighted by atomic mass is 35.5. The number of halogens is 1. The maximum absolute atomic E-state index is 11.6. The zero-order valence-corrected chi connectivity index (χ0v) is 10.6. The summed E-state index contributed by atoms with van der Waals surface area (Å²) in [6, 6.07) is 12.8. The van der Waals surface area contributed by atoms with Gasteiger partial charge in [-0.15, -0.1) is 0 Å². The molecule has 0 aliphatic carbocycles. The Labute approximate surface area is 110 Å². The summed E-state index contributed by atoms with van der Waals surface area (Å²) < 4.78 is 4.91. The number of benzene rings is 1. The number of rotatable bonds is 3. The van der Waals surface area contributed by atoms with Gasteiger partial charge in [0.05, 0.1) is 12.3 Å². The Balaban J connectivity index is 2.41. The minimum Gasteiger partial charge on any atom is -0.461 e. The third-order valence-electron chi connectivity index (χ3n) is 2.34. The SMILES string of the molecule is CCOC(=O)c1cc(Cl)cc(-c2ccccc2)n1.